The monoisotopic (exact) mass is 432 g/mol. The standard InChI is InChI=1S/C30H40O2/c1-2-3-5-8-23-9-11-24(12-10-23)25-13-15-26(16-14-25)27-17-19-28(20-18-27)29(31)30(32)21-6-4-7-22-30/h13-20,23-24,32H,2-12,21-22H2,1H3. The zero-order valence-electron chi connectivity index (χ0n) is 19.8. The molecule has 32 heavy (non-hydrogen) atoms. The Morgan fingerprint density at radius 3 is 2.03 bits per heavy atom. The van der Waals surface area contributed by atoms with Gasteiger partial charge in [-0.25, -0.2) is 0 Å². The number of rotatable bonds is 8. The molecule has 2 saturated carbocycles. The molecule has 4 rings (SSSR count). The molecule has 1 N–H and O–H groups in total. The Kier molecular flexibility index (Phi) is 7.84. The Bertz CT molecular complexity index is 851. The van der Waals surface area contributed by atoms with E-state index in [1.54, 1.807) is 0 Å². The van der Waals surface area contributed by atoms with E-state index in [0.29, 0.717) is 24.3 Å². The van der Waals surface area contributed by atoms with Crippen LogP contribution < -0.4 is 0 Å². The van der Waals surface area contributed by atoms with Crippen LogP contribution in [0.2, 0.25) is 0 Å². The summed E-state index contributed by atoms with van der Waals surface area (Å²) in [5.74, 6) is 1.55. The van der Waals surface area contributed by atoms with E-state index >= 15 is 0 Å². The van der Waals surface area contributed by atoms with Crippen molar-refractivity contribution in [3.05, 3.63) is 59.7 Å². The number of hydrogen-bond acceptors (Lipinski definition) is 2. The van der Waals surface area contributed by atoms with Crippen LogP contribution >= 0.6 is 0 Å². The van der Waals surface area contributed by atoms with E-state index in [9.17, 15) is 9.90 Å². The number of ketones is 1. The smallest absolute Gasteiger partial charge is 0.194 e. The van der Waals surface area contributed by atoms with Crippen molar-refractivity contribution in [2.24, 2.45) is 5.92 Å². The van der Waals surface area contributed by atoms with Crippen molar-refractivity contribution in [3.63, 3.8) is 0 Å². The van der Waals surface area contributed by atoms with Crippen molar-refractivity contribution >= 4 is 5.78 Å². The van der Waals surface area contributed by atoms with E-state index in [1.165, 1.54) is 62.5 Å². The molecule has 0 heterocycles. The third kappa shape index (κ3) is 5.52. The highest BCUT2D eigenvalue weighted by Gasteiger charge is 2.37. The summed E-state index contributed by atoms with van der Waals surface area (Å²) in [5, 5.41) is 10.8. The Morgan fingerprint density at radius 1 is 0.844 bits per heavy atom. The molecule has 2 aromatic rings. The number of hydrogen-bond donors (Lipinski definition) is 1. The number of unbranched alkanes of at least 4 members (excludes halogenated alkanes) is 2. The van der Waals surface area contributed by atoms with Crippen molar-refractivity contribution in [1.29, 1.82) is 0 Å². The summed E-state index contributed by atoms with van der Waals surface area (Å²) < 4.78 is 0. The van der Waals surface area contributed by atoms with E-state index in [4.69, 9.17) is 0 Å². The first kappa shape index (κ1) is 23.2. The first-order valence-corrected chi connectivity index (χ1v) is 13.1. The maximum Gasteiger partial charge on any atom is 0.194 e. The second-order valence-corrected chi connectivity index (χ2v) is 10.3. The summed E-state index contributed by atoms with van der Waals surface area (Å²) in [6.07, 6.45) is 15.2. The lowest BCUT2D eigenvalue weighted by Crippen LogP contribution is -2.40. The van der Waals surface area contributed by atoms with Crippen molar-refractivity contribution in [3.8, 4) is 11.1 Å². The molecule has 0 bridgehead atoms. The highest BCUT2D eigenvalue weighted by molar-refractivity contribution is 6.02. The maximum atomic E-state index is 12.8. The van der Waals surface area contributed by atoms with Gasteiger partial charge in [-0.1, -0.05) is 100 Å². The Labute approximate surface area is 194 Å². The minimum Gasteiger partial charge on any atom is -0.382 e. The number of aliphatic hydroxyl groups is 1. The minimum absolute atomic E-state index is 0.107. The molecular formula is C30H40O2. The Hall–Kier alpha value is -1.93. The second-order valence-electron chi connectivity index (χ2n) is 10.3. The molecule has 2 fully saturated rings. The average Bonchev–Trinajstić information content (AvgIpc) is 2.85. The first-order chi connectivity index (χ1) is 15.6. The third-order valence-electron chi connectivity index (χ3n) is 8.03. The van der Waals surface area contributed by atoms with Gasteiger partial charge in [-0.15, -0.1) is 0 Å². The van der Waals surface area contributed by atoms with Crippen molar-refractivity contribution in [2.75, 3.05) is 0 Å². The molecule has 2 aliphatic carbocycles. The minimum atomic E-state index is -1.16. The van der Waals surface area contributed by atoms with Crippen LogP contribution in [-0.2, 0) is 0 Å². The summed E-state index contributed by atoms with van der Waals surface area (Å²) in [5.41, 5.74) is 3.27. The molecular weight excluding hydrogens is 392 g/mol. The molecule has 2 heteroatoms. The topological polar surface area (TPSA) is 37.3 Å². The lowest BCUT2D eigenvalue weighted by atomic mass is 9.77. The molecule has 0 atom stereocenters. The largest absolute Gasteiger partial charge is 0.382 e. The lowest BCUT2D eigenvalue weighted by molar-refractivity contribution is 0.0116. The molecule has 0 amide bonds. The Morgan fingerprint density at radius 2 is 1.44 bits per heavy atom. The van der Waals surface area contributed by atoms with Crippen LogP contribution in [0, 0.1) is 5.92 Å². The SMILES string of the molecule is CCCCCC1CCC(c2ccc(-c3ccc(C(=O)C4(O)CCCCC4)cc3)cc2)CC1. The summed E-state index contributed by atoms with van der Waals surface area (Å²) in [6.45, 7) is 2.29. The van der Waals surface area contributed by atoms with Gasteiger partial charge >= 0.3 is 0 Å². The van der Waals surface area contributed by atoms with Gasteiger partial charge in [0.15, 0.2) is 5.78 Å². The van der Waals surface area contributed by atoms with Crippen LogP contribution in [0.15, 0.2) is 48.5 Å². The van der Waals surface area contributed by atoms with E-state index < -0.39 is 5.60 Å². The van der Waals surface area contributed by atoms with Gasteiger partial charge in [0.2, 0.25) is 0 Å². The van der Waals surface area contributed by atoms with Crippen LogP contribution in [-0.4, -0.2) is 16.5 Å². The summed E-state index contributed by atoms with van der Waals surface area (Å²) in [4.78, 5) is 12.8. The second kappa shape index (κ2) is 10.8. The molecule has 2 nitrogen and oxygen atoms in total. The zero-order valence-corrected chi connectivity index (χ0v) is 19.8. The molecule has 2 aromatic carbocycles. The highest BCUT2D eigenvalue weighted by atomic mass is 16.3. The molecule has 172 valence electrons. The molecule has 0 aromatic heterocycles. The zero-order chi connectivity index (χ0) is 22.4. The molecule has 0 radical (unpaired) electrons. The molecule has 0 aliphatic heterocycles. The van der Waals surface area contributed by atoms with Gasteiger partial charge in [0.05, 0.1) is 0 Å². The Balaban J connectivity index is 1.35. The van der Waals surface area contributed by atoms with Gasteiger partial charge in [-0.3, -0.25) is 4.79 Å². The van der Waals surface area contributed by atoms with Crippen LogP contribution in [0.4, 0.5) is 0 Å². The fraction of sp³-hybridized carbons (Fsp3) is 0.567. The van der Waals surface area contributed by atoms with Gasteiger partial charge in [0.1, 0.15) is 5.60 Å². The van der Waals surface area contributed by atoms with E-state index in [0.717, 1.165) is 30.7 Å². The van der Waals surface area contributed by atoms with Gasteiger partial charge in [-0.2, -0.15) is 0 Å². The van der Waals surface area contributed by atoms with E-state index in [1.807, 2.05) is 24.3 Å². The number of Topliss-reactive ketones (excluding diaryl/α,β-unsaturated/α-hetero) is 1. The predicted octanol–water partition coefficient (Wildman–Crippen LogP) is 8.09. The quantitative estimate of drug-likeness (QED) is 0.338. The fourth-order valence-electron chi connectivity index (χ4n) is 5.86. The van der Waals surface area contributed by atoms with Crippen molar-refractivity contribution in [2.45, 2.75) is 102 Å². The van der Waals surface area contributed by atoms with Gasteiger partial charge in [0, 0.05) is 5.56 Å². The van der Waals surface area contributed by atoms with Crippen LogP contribution in [0.25, 0.3) is 11.1 Å². The summed E-state index contributed by atoms with van der Waals surface area (Å²) in [6, 6.07) is 16.9. The number of benzene rings is 2. The van der Waals surface area contributed by atoms with Crippen LogP contribution in [0.3, 0.4) is 0 Å². The van der Waals surface area contributed by atoms with Gasteiger partial charge in [0.25, 0.3) is 0 Å². The molecule has 2 aliphatic rings. The molecule has 0 saturated heterocycles. The maximum absolute atomic E-state index is 12.8. The highest BCUT2D eigenvalue weighted by Crippen LogP contribution is 2.38. The first-order valence-electron chi connectivity index (χ1n) is 13.1. The van der Waals surface area contributed by atoms with Crippen molar-refractivity contribution in [1.82, 2.24) is 0 Å². The third-order valence-corrected chi connectivity index (χ3v) is 8.03. The van der Waals surface area contributed by atoms with E-state index in [2.05, 4.69) is 31.2 Å². The number of carbonyl (C=O) groups is 1. The fourth-order valence-corrected chi connectivity index (χ4v) is 5.86. The molecule has 0 spiro atoms. The van der Waals surface area contributed by atoms with Crippen LogP contribution in [0.1, 0.15) is 112 Å². The van der Waals surface area contributed by atoms with Crippen LogP contribution in [0.5, 0.6) is 0 Å². The summed E-state index contributed by atoms with van der Waals surface area (Å²) >= 11 is 0. The molecule has 0 unspecified atom stereocenters. The van der Waals surface area contributed by atoms with Crippen molar-refractivity contribution < 1.29 is 9.90 Å². The average molecular weight is 433 g/mol. The predicted molar refractivity (Wildman–Crippen MR) is 133 cm³/mol. The van der Waals surface area contributed by atoms with E-state index in [-0.39, 0.29) is 5.78 Å². The number of carbonyl (C=O) groups excluding carboxylic acids is 1. The van der Waals surface area contributed by atoms with Gasteiger partial charge < -0.3 is 5.11 Å². The normalized spacial score (nSPS) is 23.1. The van der Waals surface area contributed by atoms with Gasteiger partial charge in [-0.05, 0) is 67.1 Å². The lowest BCUT2D eigenvalue weighted by Gasteiger charge is -2.30. The summed E-state index contributed by atoms with van der Waals surface area (Å²) in [7, 11) is 0.